The minimum Gasteiger partial charge on any atom is -0.264 e. The molecule has 1 aromatic rings. The fourth-order valence-electron chi connectivity index (χ4n) is 0.962. The molecular weight excluding hydrogens is 212 g/mol. The second kappa shape index (κ2) is 3.35. The van der Waals surface area contributed by atoms with Gasteiger partial charge in [-0.15, -0.1) is 0 Å². The lowest BCUT2D eigenvalue weighted by Gasteiger charge is -1.98. The Bertz CT molecular complexity index is 462. The van der Waals surface area contributed by atoms with Gasteiger partial charge < -0.3 is 0 Å². The summed E-state index contributed by atoms with van der Waals surface area (Å²) in [4.78, 5) is 9.74. The van der Waals surface area contributed by atoms with Gasteiger partial charge in [0.1, 0.15) is 17.6 Å². The molecule has 0 aliphatic heterocycles. The van der Waals surface area contributed by atoms with E-state index >= 15 is 0 Å². The van der Waals surface area contributed by atoms with Crippen LogP contribution in [0.5, 0.6) is 0 Å². The van der Waals surface area contributed by atoms with Gasteiger partial charge in [0, 0.05) is 7.05 Å². The molecular formula is C5H8N4O4S. The van der Waals surface area contributed by atoms with Crippen LogP contribution in [-0.4, -0.2) is 23.1 Å². The van der Waals surface area contributed by atoms with Crippen LogP contribution in [0, 0.1) is 10.1 Å². The Labute approximate surface area is 79.5 Å². The summed E-state index contributed by atoms with van der Waals surface area (Å²) in [5, 5.41) is 18.8. The van der Waals surface area contributed by atoms with Crippen LogP contribution in [0.15, 0.2) is 6.20 Å². The first kappa shape index (κ1) is 10.6. The van der Waals surface area contributed by atoms with E-state index in [0.29, 0.717) is 0 Å². The molecule has 0 aromatic carbocycles. The van der Waals surface area contributed by atoms with Gasteiger partial charge in [0.05, 0.1) is 4.92 Å². The van der Waals surface area contributed by atoms with Crippen molar-refractivity contribution < 1.29 is 13.3 Å². The van der Waals surface area contributed by atoms with Gasteiger partial charge >= 0.3 is 5.69 Å². The van der Waals surface area contributed by atoms with Crippen LogP contribution in [0.3, 0.4) is 0 Å². The summed E-state index contributed by atoms with van der Waals surface area (Å²) in [5.74, 6) is -0.597. The fourth-order valence-corrected chi connectivity index (χ4v) is 1.68. The third-order valence-electron chi connectivity index (χ3n) is 1.57. The molecule has 9 heteroatoms. The van der Waals surface area contributed by atoms with Gasteiger partial charge in [-0.05, 0) is 0 Å². The zero-order valence-electron chi connectivity index (χ0n) is 7.24. The summed E-state index contributed by atoms with van der Waals surface area (Å²) in [6, 6.07) is 0. The lowest BCUT2D eigenvalue weighted by atomic mass is 10.4. The number of nitrogens with two attached hydrogens (primary N) is 1. The molecule has 1 heterocycles. The van der Waals surface area contributed by atoms with Crippen molar-refractivity contribution in [3.05, 3.63) is 22.0 Å². The van der Waals surface area contributed by atoms with Gasteiger partial charge in [-0.2, -0.15) is 5.10 Å². The Morgan fingerprint density at radius 1 is 1.71 bits per heavy atom. The zero-order valence-corrected chi connectivity index (χ0v) is 8.06. The first-order valence-corrected chi connectivity index (χ1v) is 5.18. The second-order valence-electron chi connectivity index (χ2n) is 2.66. The van der Waals surface area contributed by atoms with Gasteiger partial charge in [-0.1, -0.05) is 0 Å². The highest BCUT2D eigenvalue weighted by molar-refractivity contribution is 7.88. The Kier molecular flexibility index (Phi) is 2.53. The number of primary sulfonamides is 1. The molecule has 0 amide bonds. The molecule has 0 aliphatic rings. The predicted octanol–water partition coefficient (Wildman–Crippen LogP) is -0.883. The molecule has 14 heavy (non-hydrogen) atoms. The zero-order chi connectivity index (χ0) is 10.9. The standard InChI is InChI=1S/C5H8N4O4S/c1-8-5(3-14(6,12)13)4(2-7-8)9(10)11/h2H,3H2,1H3,(H2,6,12,13). The Balaban J connectivity index is 3.19. The third-order valence-corrected chi connectivity index (χ3v) is 2.25. The number of hydrogen-bond acceptors (Lipinski definition) is 5. The molecule has 78 valence electrons. The summed E-state index contributed by atoms with van der Waals surface area (Å²) < 4.78 is 22.6. The van der Waals surface area contributed by atoms with Gasteiger partial charge in [-0.3, -0.25) is 14.8 Å². The first-order valence-electron chi connectivity index (χ1n) is 3.47. The van der Waals surface area contributed by atoms with Crippen molar-refractivity contribution in [1.82, 2.24) is 9.78 Å². The molecule has 0 radical (unpaired) electrons. The summed E-state index contributed by atoms with van der Waals surface area (Å²) in [6.45, 7) is 0. The van der Waals surface area contributed by atoms with E-state index in [1.165, 1.54) is 7.05 Å². The van der Waals surface area contributed by atoms with Crippen molar-refractivity contribution in [1.29, 1.82) is 0 Å². The maximum absolute atomic E-state index is 10.7. The number of sulfonamides is 1. The Hall–Kier alpha value is -1.48. The molecule has 0 saturated carbocycles. The van der Waals surface area contributed by atoms with Gasteiger partial charge in [0.2, 0.25) is 10.0 Å². The monoisotopic (exact) mass is 220 g/mol. The average Bonchev–Trinajstić information content (AvgIpc) is 2.29. The summed E-state index contributed by atoms with van der Waals surface area (Å²) >= 11 is 0. The number of rotatable bonds is 3. The topological polar surface area (TPSA) is 121 Å². The van der Waals surface area contributed by atoms with Crippen molar-refractivity contribution in [3.8, 4) is 0 Å². The smallest absolute Gasteiger partial charge is 0.264 e. The normalized spacial score (nSPS) is 11.6. The molecule has 0 atom stereocenters. The molecule has 0 unspecified atom stereocenters. The van der Waals surface area contributed by atoms with Crippen molar-refractivity contribution >= 4 is 15.7 Å². The van der Waals surface area contributed by atoms with Gasteiger partial charge in [-0.25, -0.2) is 13.6 Å². The summed E-state index contributed by atoms with van der Waals surface area (Å²) in [6.07, 6.45) is 0.987. The molecule has 2 N–H and O–H groups in total. The van der Waals surface area contributed by atoms with Gasteiger partial charge in [0.25, 0.3) is 0 Å². The number of hydrogen-bond donors (Lipinski definition) is 1. The second-order valence-corrected chi connectivity index (χ2v) is 4.28. The SMILES string of the molecule is Cn1ncc([N+](=O)[O-])c1CS(N)(=O)=O. The van der Waals surface area contributed by atoms with Crippen LogP contribution in [0.2, 0.25) is 0 Å². The highest BCUT2D eigenvalue weighted by Gasteiger charge is 2.22. The number of aromatic nitrogens is 2. The predicted molar refractivity (Wildman–Crippen MR) is 46.7 cm³/mol. The third kappa shape index (κ3) is 2.26. The fraction of sp³-hybridized carbons (Fsp3) is 0.400. The quantitative estimate of drug-likeness (QED) is 0.523. The molecule has 0 saturated heterocycles. The van der Waals surface area contributed by atoms with Crippen molar-refractivity contribution in [2.75, 3.05) is 0 Å². The minimum atomic E-state index is -3.79. The van der Waals surface area contributed by atoms with Crippen LogP contribution < -0.4 is 5.14 Å². The lowest BCUT2D eigenvalue weighted by Crippen LogP contribution is -2.17. The van der Waals surface area contributed by atoms with Crippen molar-refractivity contribution in [2.24, 2.45) is 12.2 Å². The average molecular weight is 220 g/mol. The van der Waals surface area contributed by atoms with E-state index < -0.39 is 20.7 Å². The Morgan fingerprint density at radius 2 is 2.29 bits per heavy atom. The van der Waals surface area contributed by atoms with Crippen LogP contribution in [-0.2, 0) is 22.8 Å². The minimum absolute atomic E-state index is 0.0301. The van der Waals surface area contributed by atoms with Crippen molar-refractivity contribution in [2.45, 2.75) is 5.75 Å². The van der Waals surface area contributed by atoms with E-state index in [4.69, 9.17) is 5.14 Å². The van der Waals surface area contributed by atoms with E-state index in [-0.39, 0.29) is 11.4 Å². The van der Waals surface area contributed by atoms with E-state index in [2.05, 4.69) is 5.10 Å². The molecule has 0 bridgehead atoms. The molecule has 0 aliphatic carbocycles. The van der Waals surface area contributed by atoms with Crippen LogP contribution in [0.1, 0.15) is 5.69 Å². The van der Waals surface area contributed by atoms with Gasteiger partial charge in [0.15, 0.2) is 0 Å². The maximum Gasteiger partial charge on any atom is 0.311 e. The molecule has 0 fully saturated rings. The summed E-state index contributed by atoms with van der Waals surface area (Å²) in [7, 11) is -2.38. The largest absolute Gasteiger partial charge is 0.311 e. The molecule has 1 rings (SSSR count). The number of nitrogens with zero attached hydrogens (tertiary/aromatic N) is 3. The van der Waals surface area contributed by atoms with Crippen molar-refractivity contribution in [3.63, 3.8) is 0 Å². The molecule has 1 aromatic heterocycles. The highest BCUT2D eigenvalue weighted by atomic mass is 32.2. The highest BCUT2D eigenvalue weighted by Crippen LogP contribution is 2.18. The van der Waals surface area contributed by atoms with E-state index in [9.17, 15) is 18.5 Å². The molecule has 8 nitrogen and oxygen atoms in total. The number of aryl methyl sites for hydroxylation is 1. The van der Waals surface area contributed by atoms with E-state index in [1.807, 2.05) is 0 Å². The number of nitro groups is 1. The Morgan fingerprint density at radius 3 is 2.71 bits per heavy atom. The maximum atomic E-state index is 10.7. The first-order chi connectivity index (χ1) is 6.31. The molecule has 0 spiro atoms. The lowest BCUT2D eigenvalue weighted by molar-refractivity contribution is -0.385. The van der Waals surface area contributed by atoms with E-state index in [1.54, 1.807) is 0 Å². The van der Waals surface area contributed by atoms with Crippen LogP contribution >= 0.6 is 0 Å². The summed E-state index contributed by atoms with van der Waals surface area (Å²) in [5.41, 5.74) is -0.376. The van der Waals surface area contributed by atoms with E-state index in [0.717, 1.165) is 10.9 Å². The van der Waals surface area contributed by atoms with Crippen LogP contribution in [0.25, 0.3) is 0 Å². The van der Waals surface area contributed by atoms with Crippen LogP contribution in [0.4, 0.5) is 5.69 Å².